The Balaban J connectivity index is 3.27. The van der Waals surface area contributed by atoms with E-state index in [9.17, 15) is 4.79 Å². The molecule has 5 heteroatoms. The molecule has 5 nitrogen and oxygen atoms in total. The fraction of sp³-hybridized carbons (Fsp3) is 0.750. The molecule has 0 aromatic rings. The van der Waals surface area contributed by atoms with Crippen LogP contribution in [0.15, 0.2) is 0 Å². The Labute approximate surface area is 52.1 Å². The second kappa shape index (κ2) is 4.11. The van der Waals surface area contributed by atoms with Crippen LogP contribution in [0, 0.1) is 0 Å². The van der Waals surface area contributed by atoms with E-state index in [4.69, 9.17) is 15.4 Å². The van der Waals surface area contributed by atoms with Crippen molar-refractivity contribution in [2.75, 3.05) is 13.2 Å². The molecule has 0 rings (SSSR count). The highest BCUT2D eigenvalue weighted by Gasteiger charge is 2.04. The van der Waals surface area contributed by atoms with Crippen molar-refractivity contribution in [3.05, 3.63) is 0 Å². The van der Waals surface area contributed by atoms with Crippen molar-refractivity contribution in [3.63, 3.8) is 0 Å². The van der Waals surface area contributed by atoms with Gasteiger partial charge in [-0.25, -0.2) is 4.79 Å². The predicted octanol–water partition coefficient (Wildman–Crippen LogP) is -0.262. The Kier molecular flexibility index (Phi) is 3.74. The smallest absolute Gasteiger partial charge is 0.431 e. The van der Waals surface area contributed by atoms with Crippen molar-refractivity contribution in [2.24, 2.45) is 0 Å². The molecule has 0 unspecified atom stereocenters. The summed E-state index contributed by atoms with van der Waals surface area (Å²) in [6, 6.07) is 0. The maximum Gasteiger partial charge on any atom is 0.431 e. The number of hydrogen-bond acceptors (Lipinski definition) is 3. The number of rotatable bonds is 3. The summed E-state index contributed by atoms with van der Waals surface area (Å²) >= 11 is 0. The van der Waals surface area contributed by atoms with Crippen LogP contribution in [0.2, 0.25) is 0 Å². The average Bonchev–Trinajstić information content (AvgIpc) is 1.82. The molecule has 0 saturated heterocycles. The highest BCUT2D eigenvalue weighted by molar-refractivity contribution is 5.63. The summed E-state index contributed by atoms with van der Waals surface area (Å²) in [5.74, 6) is 0. The maximum absolute atomic E-state index is 9.80. The Morgan fingerprint density at radius 2 is 2.11 bits per heavy atom. The molecule has 0 saturated carbocycles. The van der Waals surface area contributed by atoms with E-state index >= 15 is 0 Å². The molecule has 0 aromatic heterocycles. The molecule has 3 N–H and O–H groups in total. The predicted molar refractivity (Wildman–Crippen MR) is 28.2 cm³/mol. The number of hydrogen-bond donors (Lipinski definition) is 3. The molecule has 0 heterocycles. The van der Waals surface area contributed by atoms with Gasteiger partial charge in [0.15, 0.2) is 0 Å². The lowest BCUT2D eigenvalue weighted by Crippen LogP contribution is -2.26. The number of nitrogens with zero attached hydrogens (tertiary/aromatic N) is 1. The number of aliphatic hydroxyl groups is 1. The van der Waals surface area contributed by atoms with E-state index in [0.29, 0.717) is 0 Å². The molecule has 1 amide bonds. The monoisotopic (exact) mass is 135 g/mol. The van der Waals surface area contributed by atoms with Gasteiger partial charge in [-0.05, 0) is 6.42 Å². The summed E-state index contributed by atoms with van der Waals surface area (Å²) in [5, 5.41) is 24.7. The fourth-order valence-corrected chi connectivity index (χ4v) is 0.316. The van der Waals surface area contributed by atoms with Crippen LogP contribution >= 0.6 is 0 Å². The lowest BCUT2D eigenvalue weighted by molar-refractivity contribution is -0.0661. The summed E-state index contributed by atoms with van der Waals surface area (Å²) in [7, 11) is 0. The third kappa shape index (κ3) is 3.75. The van der Waals surface area contributed by atoms with Crippen molar-refractivity contribution in [1.82, 2.24) is 5.06 Å². The Morgan fingerprint density at radius 1 is 1.56 bits per heavy atom. The van der Waals surface area contributed by atoms with Gasteiger partial charge in [-0.1, -0.05) is 0 Å². The van der Waals surface area contributed by atoms with Crippen LogP contribution in [0.4, 0.5) is 4.79 Å². The Bertz CT molecular complexity index is 94.6. The van der Waals surface area contributed by atoms with Gasteiger partial charge in [-0.3, -0.25) is 5.21 Å². The van der Waals surface area contributed by atoms with Crippen molar-refractivity contribution in [2.45, 2.75) is 6.42 Å². The molecular formula is C4H9NO4. The first-order chi connectivity index (χ1) is 4.18. The zero-order valence-electron chi connectivity index (χ0n) is 4.82. The van der Waals surface area contributed by atoms with E-state index in [1.165, 1.54) is 0 Å². The van der Waals surface area contributed by atoms with Gasteiger partial charge in [0.1, 0.15) is 0 Å². The van der Waals surface area contributed by atoms with Crippen LogP contribution in [0.1, 0.15) is 6.42 Å². The SMILES string of the molecule is O=C(O)N(O)CCCO. The van der Waals surface area contributed by atoms with Gasteiger partial charge in [0, 0.05) is 6.61 Å². The highest BCUT2D eigenvalue weighted by Crippen LogP contribution is 1.84. The number of carbonyl (C=O) groups is 1. The van der Waals surface area contributed by atoms with Gasteiger partial charge in [0.05, 0.1) is 6.54 Å². The molecule has 0 radical (unpaired) electrons. The number of hydroxylamine groups is 2. The molecule has 54 valence electrons. The fourth-order valence-electron chi connectivity index (χ4n) is 0.316. The largest absolute Gasteiger partial charge is 0.463 e. The molecule has 0 aliphatic heterocycles. The van der Waals surface area contributed by atoms with Gasteiger partial charge < -0.3 is 10.2 Å². The summed E-state index contributed by atoms with van der Waals surface area (Å²) in [5.41, 5.74) is 0. The average molecular weight is 135 g/mol. The molecule has 0 bridgehead atoms. The van der Waals surface area contributed by atoms with E-state index in [1.807, 2.05) is 0 Å². The van der Waals surface area contributed by atoms with Gasteiger partial charge in [0.25, 0.3) is 0 Å². The first kappa shape index (κ1) is 8.19. The number of carboxylic acid groups (broad SMARTS) is 1. The lowest BCUT2D eigenvalue weighted by Gasteiger charge is -2.07. The summed E-state index contributed by atoms with van der Waals surface area (Å²) in [6.45, 7) is -0.170. The molecule has 0 aliphatic carbocycles. The minimum atomic E-state index is -1.40. The van der Waals surface area contributed by atoms with Gasteiger partial charge in [-0.2, -0.15) is 5.06 Å². The molecular weight excluding hydrogens is 126 g/mol. The van der Waals surface area contributed by atoms with Crippen LogP contribution in [0.5, 0.6) is 0 Å². The van der Waals surface area contributed by atoms with Crippen molar-refractivity contribution in [3.8, 4) is 0 Å². The van der Waals surface area contributed by atoms with E-state index in [1.54, 1.807) is 0 Å². The number of aliphatic hydroxyl groups excluding tert-OH is 1. The molecule has 0 aliphatic rings. The third-order valence-electron chi connectivity index (χ3n) is 0.749. The summed E-state index contributed by atoms with van der Waals surface area (Å²) < 4.78 is 0. The van der Waals surface area contributed by atoms with Crippen LogP contribution in [0.3, 0.4) is 0 Å². The number of amides is 1. The molecule has 0 spiro atoms. The Morgan fingerprint density at radius 3 is 2.44 bits per heavy atom. The third-order valence-corrected chi connectivity index (χ3v) is 0.749. The van der Waals surface area contributed by atoms with E-state index in [-0.39, 0.29) is 24.6 Å². The minimum absolute atomic E-state index is 0.0498. The van der Waals surface area contributed by atoms with Crippen LogP contribution < -0.4 is 0 Å². The van der Waals surface area contributed by atoms with Gasteiger partial charge in [0.2, 0.25) is 0 Å². The topological polar surface area (TPSA) is 81.0 Å². The second-order valence-electron chi connectivity index (χ2n) is 1.48. The first-order valence-corrected chi connectivity index (χ1v) is 2.48. The quantitative estimate of drug-likeness (QED) is 0.368. The summed E-state index contributed by atoms with van der Waals surface area (Å²) in [6.07, 6.45) is -1.15. The Hall–Kier alpha value is -0.810. The zero-order valence-corrected chi connectivity index (χ0v) is 4.82. The van der Waals surface area contributed by atoms with Crippen LogP contribution in [-0.4, -0.2) is 39.7 Å². The standard InChI is InChI=1S/C4H9NO4/c6-3-1-2-5(9)4(7)8/h6,9H,1-3H2,(H,7,8). The highest BCUT2D eigenvalue weighted by atomic mass is 16.6. The van der Waals surface area contributed by atoms with Crippen LogP contribution in [0.25, 0.3) is 0 Å². The first-order valence-electron chi connectivity index (χ1n) is 2.48. The molecule has 0 atom stereocenters. The molecule has 9 heavy (non-hydrogen) atoms. The zero-order chi connectivity index (χ0) is 7.28. The van der Waals surface area contributed by atoms with Gasteiger partial charge in [-0.15, -0.1) is 0 Å². The van der Waals surface area contributed by atoms with E-state index in [0.717, 1.165) is 0 Å². The van der Waals surface area contributed by atoms with Crippen LogP contribution in [-0.2, 0) is 0 Å². The normalized spacial score (nSPS) is 9.11. The summed E-state index contributed by atoms with van der Waals surface area (Å²) in [4.78, 5) is 9.80. The van der Waals surface area contributed by atoms with Crippen molar-refractivity contribution < 1.29 is 20.2 Å². The second-order valence-corrected chi connectivity index (χ2v) is 1.48. The van der Waals surface area contributed by atoms with Crippen molar-refractivity contribution >= 4 is 6.09 Å². The molecule has 0 aromatic carbocycles. The van der Waals surface area contributed by atoms with E-state index < -0.39 is 6.09 Å². The molecule has 0 fully saturated rings. The van der Waals surface area contributed by atoms with Crippen molar-refractivity contribution in [1.29, 1.82) is 0 Å². The van der Waals surface area contributed by atoms with Gasteiger partial charge >= 0.3 is 6.09 Å². The lowest BCUT2D eigenvalue weighted by atomic mass is 10.4. The minimum Gasteiger partial charge on any atom is -0.463 e. The maximum atomic E-state index is 9.80. The van der Waals surface area contributed by atoms with E-state index in [2.05, 4.69) is 0 Å².